The van der Waals surface area contributed by atoms with Crippen molar-refractivity contribution in [2.24, 2.45) is 4.99 Å². The summed E-state index contributed by atoms with van der Waals surface area (Å²) in [6.07, 6.45) is -2.19. The second-order valence-corrected chi connectivity index (χ2v) is 6.70. The number of nitrogens with zero attached hydrogens (tertiary/aromatic N) is 3. The van der Waals surface area contributed by atoms with Crippen molar-refractivity contribution in [1.82, 2.24) is 4.57 Å². The van der Waals surface area contributed by atoms with Gasteiger partial charge in [0.1, 0.15) is 17.4 Å². The minimum Gasteiger partial charge on any atom is -0.494 e. The van der Waals surface area contributed by atoms with Gasteiger partial charge in [0.15, 0.2) is 0 Å². The molecule has 0 bridgehead atoms. The molecule has 30 heavy (non-hydrogen) atoms. The van der Waals surface area contributed by atoms with Crippen LogP contribution in [0.3, 0.4) is 0 Å². The number of nitriles is 1. The Hall–Kier alpha value is -3.32. The predicted molar refractivity (Wildman–Crippen MR) is 101 cm³/mol. The van der Waals surface area contributed by atoms with E-state index < -0.39 is 17.7 Å². The molecule has 2 heterocycles. The molecule has 1 atom stereocenters. The highest BCUT2D eigenvalue weighted by Crippen LogP contribution is 2.26. The van der Waals surface area contributed by atoms with Crippen molar-refractivity contribution >= 4 is 11.9 Å². The van der Waals surface area contributed by atoms with Gasteiger partial charge in [-0.3, -0.25) is 14.4 Å². The van der Waals surface area contributed by atoms with Gasteiger partial charge in [0.05, 0.1) is 23.9 Å². The van der Waals surface area contributed by atoms with Gasteiger partial charge in [0, 0.05) is 12.8 Å². The lowest BCUT2D eigenvalue weighted by Crippen LogP contribution is -2.29. The molecule has 0 spiro atoms. The Morgan fingerprint density at radius 1 is 1.40 bits per heavy atom. The van der Waals surface area contributed by atoms with E-state index in [0.717, 1.165) is 29.5 Å². The number of aromatic hydroxyl groups is 1. The molecule has 1 fully saturated rings. The van der Waals surface area contributed by atoms with Gasteiger partial charge < -0.3 is 14.6 Å². The summed E-state index contributed by atoms with van der Waals surface area (Å²) < 4.78 is 47.1. The third-order valence-corrected chi connectivity index (χ3v) is 4.67. The van der Waals surface area contributed by atoms with Crippen molar-refractivity contribution in [3.8, 4) is 17.7 Å². The summed E-state index contributed by atoms with van der Waals surface area (Å²) in [6, 6.07) is 6.67. The van der Waals surface area contributed by atoms with Crippen LogP contribution >= 0.6 is 0 Å². The number of alkyl halides is 3. The third-order valence-electron chi connectivity index (χ3n) is 4.67. The van der Waals surface area contributed by atoms with Crippen LogP contribution in [-0.2, 0) is 11.3 Å². The highest BCUT2D eigenvalue weighted by atomic mass is 19.4. The van der Waals surface area contributed by atoms with Crippen molar-refractivity contribution in [2.75, 3.05) is 6.61 Å². The SMILES string of the molecule is Cc1c(C=Nc2ccc(OC(F)(F)F)cc2)c(O)n(C[C@H]2CCCO2)c(=O)c1C#N. The summed E-state index contributed by atoms with van der Waals surface area (Å²) in [6.45, 7) is 2.18. The van der Waals surface area contributed by atoms with Gasteiger partial charge in [-0.25, -0.2) is 0 Å². The summed E-state index contributed by atoms with van der Waals surface area (Å²) in [7, 11) is 0. The van der Waals surface area contributed by atoms with E-state index in [0.29, 0.717) is 12.3 Å². The molecule has 158 valence electrons. The standard InChI is InChI=1S/C20H18F3N3O4/c1-12-16(9-24)18(27)26(11-15-3-2-8-29-15)19(28)17(12)10-25-13-4-6-14(7-5-13)30-20(21,22)23/h4-7,10,15,28H,2-3,8,11H2,1H3/t15-/m1/s1. The fourth-order valence-corrected chi connectivity index (χ4v) is 3.16. The molecule has 1 aromatic heterocycles. The molecule has 2 aromatic rings. The zero-order chi connectivity index (χ0) is 21.9. The van der Waals surface area contributed by atoms with Gasteiger partial charge in [0.25, 0.3) is 5.56 Å². The normalized spacial score (nSPS) is 16.7. The lowest BCUT2D eigenvalue weighted by Gasteiger charge is -2.17. The number of aromatic nitrogens is 1. The first-order valence-electron chi connectivity index (χ1n) is 9.07. The lowest BCUT2D eigenvalue weighted by molar-refractivity contribution is -0.274. The van der Waals surface area contributed by atoms with Gasteiger partial charge in [-0.2, -0.15) is 5.26 Å². The zero-order valence-electron chi connectivity index (χ0n) is 15.9. The Labute approximate surface area is 169 Å². The highest BCUT2D eigenvalue weighted by molar-refractivity contribution is 5.87. The van der Waals surface area contributed by atoms with E-state index in [-0.39, 0.29) is 35.2 Å². The number of benzene rings is 1. The summed E-state index contributed by atoms with van der Waals surface area (Å²) in [4.78, 5) is 16.7. The van der Waals surface area contributed by atoms with Crippen LogP contribution in [0.5, 0.6) is 11.6 Å². The Balaban J connectivity index is 1.93. The third kappa shape index (κ3) is 4.80. The monoisotopic (exact) mass is 421 g/mol. The highest BCUT2D eigenvalue weighted by Gasteiger charge is 2.31. The number of aliphatic imine (C=N–C) groups is 1. The number of hydrogen-bond acceptors (Lipinski definition) is 6. The lowest BCUT2D eigenvalue weighted by atomic mass is 10.1. The van der Waals surface area contributed by atoms with E-state index in [4.69, 9.17) is 4.74 Å². The molecule has 1 aliphatic rings. The predicted octanol–water partition coefficient (Wildman–Crippen LogP) is 3.56. The maximum Gasteiger partial charge on any atom is 0.573 e. The molecule has 7 nitrogen and oxygen atoms in total. The van der Waals surface area contributed by atoms with Gasteiger partial charge in [0.2, 0.25) is 5.88 Å². The van der Waals surface area contributed by atoms with Crippen LogP contribution in [0, 0.1) is 18.3 Å². The van der Waals surface area contributed by atoms with Gasteiger partial charge in [-0.05, 0) is 49.6 Å². The average molecular weight is 421 g/mol. The second kappa shape index (κ2) is 8.59. The number of rotatable bonds is 5. The quantitative estimate of drug-likeness (QED) is 0.745. The van der Waals surface area contributed by atoms with Crippen LogP contribution in [0.1, 0.15) is 29.5 Å². The molecule has 0 radical (unpaired) electrons. The maximum atomic E-state index is 12.6. The minimum absolute atomic E-state index is 0.101. The molecule has 1 aliphatic heterocycles. The Morgan fingerprint density at radius 2 is 2.10 bits per heavy atom. The smallest absolute Gasteiger partial charge is 0.494 e. The first kappa shape index (κ1) is 21.4. The fourth-order valence-electron chi connectivity index (χ4n) is 3.16. The number of halogens is 3. The molecule has 0 saturated carbocycles. The molecule has 10 heteroatoms. The molecule has 3 rings (SSSR count). The summed E-state index contributed by atoms with van der Waals surface area (Å²) >= 11 is 0. The summed E-state index contributed by atoms with van der Waals surface area (Å²) in [5, 5.41) is 20.0. The molecule has 1 N–H and O–H groups in total. The maximum absolute atomic E-state index is 12.6. The van der Waals surface area contributed by atoms with E-state index in [1.807, 2.05) is 6.07 Å². The van der Waals surface area contributed by atoms with Crippen LogP contribution in [0.25, 0.3) is 0 Å². The van der Waals surface area contributed by atoms with E-state index in [1.165, 1.54) is 25.3 Å². The largest absolute Gasteiger partial charge is 0.573 e. The van der Waals surface area contributed by atoms with Crippen molar-refractivity contribution < 1.29 is 27.8 Å². The Kier molecular flexibility index (Phi) is 6.12. The molecular weight excluding hydrogens is 403 g/mol. The second-order valence-electron chi connectivity index (χ2n) is 6.70. The molecule has 1 saturated heterocycles. The van der Waals surface area contributed by atoms with Gasteiger partial charge >= 0.3 is 6.36 Å². The summed E-state index contributed by atoms with van der Waals surface area (Å²) in [5.74, 6) is -0.745. The topological polar surface area (TPSA) is 96.8 Å². The molecule has 1 aromatic carbocycles. The van der Waals surface area contributed by atoms with Gasteiger partial charge in [-0.1, -0.05) is 0 Å². The van der Waals surface area contributed by atoms with Crippen molar-refractivity contribution in [2.45, 2.75) is 38.8 Å². The molecule has 0 aliphatic carbocycles. The number of hydrogen-bond donors (Lipinski definition) is 1. The van der Waals surface area contributed by atoms with Crippen molar-refractivity contribution in [1.29, 1.82) is 5.26 Å². The zero-order valence-corrected chi connectivity index (χ0v) is 15.9. The van der Waals surface area contributed by atoms with E-state index in [2.05, 4.69) is 9.73 Å². The average Bonchev–Trinajstić information content (AvgIpc) is 3.19. The van der Waals surface area contributed by atoms with E-state index >= 15 is 0 Å². The fraction of sp³-hybridized carbons (Fsp3) is 0.350. The van der Waals surface area contributed by atoms with Crippen LogP contribution < -0.4 is 10.3 Å². The van der Waals surface area contributed by atoms with Crippen LogP contribution in [0.15, 0.2) is 34.1 Å². The molecular formula is C20H18F3N3O4. The molecule has 0 amide bonds. The van der Waals surface area contributed by atoms with E-state index in [1.54, 1.807) is 0 Å². The minimum atomic E-state index is -4.79. The van der Waals surface area contributed by atoms with Crippen LogP contribution in [0.2, 0.25) is 0 Å². The van der Waals surface area contributed by atoms with Crippen molar-refractivity contribution in [3.63, 3.8) is 0 Å². The van der Waals surface area contributed by atoms with Crippen LogP contribution in [-0.4, -0.2) is 35.0 Å². The summed E-state index contributed by atoms with van der Waals surface area (Å²) in [5.41, 5.74) is -0.0298. The van der Waals surface area contributed by atoms with Crippen LogP contribution in [0.4, 0.5) is 18.9 Å². The first-order valence-corrected chi connectivity index (χ1v) is 9.07. The van der Waals surface area contributed by atoms with Gasteiger partial charge in [-0.15, -0.1) is 13.2 Å². The molecule has 0 unspecified atom stereocenters. The van der Waals surface area contributed by atoms with Crippen molar-refractivity contribution in [3.05, 3.63) is 51.3 Å². The first-order chi connectivity index (χ1) is 14.2. The Bertz CT molecular complexity index is 1050. The van der Waals surface area contributed by atoms with E-state index in [9.17, 15) is 28.3 Å². The number of ether oxygens (including phenoxy) is 2. The Morgan fingerprint density at radius 3 is 2.67 bits per heavy atom. The number of pyridine rings is 1.